The largest absolute Gasteiger partial charge is 0.496 e. The van der Waals surface area contributed by atoms with Gasteiger partial charge in [-0.2, -0.15) is 5.10 Å². The third-order valence-electron chi connectivity index (χ3n) is 4.73. The molecular weight excluding hydrogens is 573 g/mol. The maximum absolute atomic E-state index is 12.4. The molecule has 1 amide bonds. The van der Waals surface area contributed by atoms with E-state index in [4.69, 9.17) is 27.9 Å². The number of thioether (sulfide) groups is 1. The standard InChI is InChI=1S/C24H18BrCl2N5O2S/c1-34-21-11-2-15(12-20(21)25)13-28-29-22(33)14-35-24-31-30-23(16-3-5-17(26)6-4-16)32(24)19-9-7-18(27)8-10-19/h2-13H,14H2,1H3,(H,29,33)/b28-13+. The van der Waals surface area contributed by atoms with Crippen LogP contribution in [0.15, 0.2) is 81.5 Å². The Morgan fingerprint density at radius 3 is 2.43 bits per heavy atom. The van der Waals surface area contributed by atoms with Gasteiger partial charge in [-0.25, -0.2) is 5.43 Å². The van der Waals surface area contributed by atoms with Crippen LogP contribution in [-0.4, -0.2) is 39.7 Å². The van der Waals surface area contributed by atoms with Crippen molar-refractivity contribution in [3.63, 3.8) is 0 Å². The predicted octanol–water partition coefficient (Wildman–Crippen LogP) is 6.25. The molecule has 0 radical (unpaired) electrons. The topological polar surface area (TPSA) is 81.4 Å². The molecule has 0 aliphatic carbocycles. The summed E-state index contributed by atoms with van der Waals surface area (Å²) in [7, 11) is 1.60. The maximum atomic E-state index is 12.4. The Morgan fingerprint density at radius 2 is 1.77 bits per heavy atom. The first-order chi connectivity index (χ1) is 16.9. The van der Waals surface area contributed by atoms with Gasteiger partial charge in [0.25, 0.3) is 5.91 Å². The fraction of sp³-hybridized carbons (Fsp3) is 0.0833. The molecule has 7 nitrogen and oxygen atoms in total. The molecule has 35 heavy (non-hydrogen) atoms. The lowest BCUT2D eigenvalue weighted by atomic mass is 10.2. The van der Waals surface area contributed by atoms with Crippen LogP contribution in [0.3, 0.4) is 0 Å². The molecule has 0 fully saturated rings. The van der Waals surface area contributed by atoms with Crippen LogP contribution in [0.4, 0.5) is 0 Å². The number of aromatic nitrogens is 3. The van der Waals surface area contributed by atoms with E-state index >= 15 is 0 Å². The normalized spacial score (nSPS) is 11.1. The van der Waals surface area contributed by atoms with E-state index in [9.17, 15) is 4.79 Å². The lowest BCUT2D eigenvalue weighted by Gasteiger charge is -2.10. The Labute approximate surface area is 224 Å². The molecule has 1 N–H and O–H groups in total. The number of carbonyl (C=O) groups excluding carboxylic acids is 1. The third kappa shape index (κ3) is 6.43. The molecule has 0 saturated heterocycles. The number of halogens is 3. The number of ether oxygens (including phenoxy) is 1. The number of nitrogens with zero attached hydrogens (tertiary/aromatic N) is 4. The second kappa shape index (κ2) is 11.7. The van der Waals surface area contributed by atoms with E-state index in [2.05, 4.69) is 36.7 Å². The lowest BCUT2D eigenvalue weighted by molar-refractivity contribution is -0.118. The Balaban J connectivity index is 1.48. The SMILES string of the molecule is COc1ccc(/C=N/NC(=O)CSc2nnc(-c3ccc(Cl)cc3)n2-c2ccc(Cl)cc2)cc1Br. The van der Waals surface area contributed by atoms with E-state index in [1.54, 1.807) is 37.6 Å². The van der Waals surface area contributed by atoms with Crippen LogP contribution in [0.1, 0.15) is 5.56 Å². The summed E-state index contributed by atoms with van der Waals surface area (Å²) in [5.41, 5.74) is 4.99. The van der Waals surface area contributed by atoms with E-state index in [1.807, 2.05) is 47.0 Å². The first-order valence-corrected chi connectivity index (χ1v) is 12.7. The van der Waals surface area contributed by atoms with Crippen LogP contribution in [0.25, 0.3) is 17.1 Å². The first kappa shape index (κ1) is 25.2. The van der Waals surface area contributed by atoms with Crippen LogP contribution in [0.2, 0.25) is 10.0 Å². The van der Waals surface area contributed by atoms with Gasteiger partial charge in [-0.1, -0.05) is 35.0 Å². The summed E-state index contributed by atoms with van der Waals surface area (Å²) in [6.45, 7) is 0. The third-order valence-corrected chi connectivity index (χ3v) is 6.78. The summed E-state index contributed by atoms with van der Waals surface area (Å²) in [6, 6.07) is 20.1. The molecule has 4 rings (SSSR count). The molecule has 0 bridgehead atoms. The molecule has 11 heteroatoms. The summed E-state index contributed by atoms with van der Waals surface area (Å²) >= 11 is 16.8. The van der Waals surface area contributed by atoms with E-state index in [0.717, 1.165) is 21.3 Å². The number of hydrogen-bond donors (Lipinski definition) is 1. The van der Waals surface area contributed by atoms with E-state index in [-0.39, 0.29) is 11.7 Å². The van der Waals surface area contributed by atoms with Gasteiger partial charge in [0, 0.05) is 21.3 Å². The summed E-state index contributed by atoms with van der Waals surface area (Å²) in [4.78, 5) is 12.4. The fourth-order valence-corrected chi connectivity index (χ4v) is 4.63. The zero-order chi connectivity index (χ0) is 24.8. The summed E-state index contributed by atoms with van der Waals surface area (Å²) in [5, 5.41) is 14.5. The van der Waals surface area contributed by atoms with Crippen molar-refractivity contribution in [2.45, 2.75) is 5.16 Å². The number of hydrazone groups is 1. The molecule has 1 heterocycles. The molecule has 0 spiro atoms. The van der Waals surface area contributed by atoms with Crippen LogP contribution in [-0.2, 0) is 4.79 Å². The van der Waals surface area contributed by atoms with Crippen molar-refractivity contribution in [3.8, 4) is 22.8 Å². The van der Waals surface area contributed by atoms with Crippen molar-refractivity contribution in [3.05, 3.63) is 86.8 Å². The zero-order valence-electron chi connectivity index (χ0n) is 18.3. The van der Waals surface area contributed by atoms with E-state index in [1.165, 1.54) is 11.8 Å². The summed E-state index contributed by atoms with van der Waals surface area (Å²) in [5.74, 6) is 1.15. The van der Waals surface area contributed by atoms with Gasteiger partial charge in [0.1, 0.15) is 5.75 Å². The van der Waals surface area contributed by atoms with Crippen LogP contribution in [0, 0.1) is 0 Å². The summed E-state index contributed by atoms with van der Waals surface area (Å²) in [6.07, 6.45) is 1.56. The molecule has 1 aromatic heterocycles. The highest BCUT2D eigenvalue weighted by atomic mass is 79.9. The molecular formula is C24H18BrCl2N5O2S. The van der Waals surface area contributed by atoms with Crippen LogP contribution >= 0.6 is 50.9 Å². The van der Waals surface area contributed by atoms with Crippen molar-refractivity contribution < 1.29 is 9.53 Å². The van der Waals surface area contributed by atoms with Crippen molar-refractivity contribution in [2.75, 3.05) is 12.9 Å². The van der Waals surface area contributed by atoms with E-state index < -0.39 is 0 Å². The Hall–Kier alpha value is -2.85. The van der Waals surface area contributed by atoms with Crippen molar-refractivity contribution in [1.29, 1.82) is 0 Å². The van der Waals surface area contributed by atoms with Gasteiger partial charge >= 0.3 is 0 Å². The Morgan fingerprint density at radius 1 is 1.09 bits per heavy atom. The number of carbonyl (C=O) groups is 1. The van der Waals surface area contributed by atoms with Crippen LogP contribution in [0.5, 0.6) is 5.75 Å². The Kier molecular flexibility index (Phi) is 8.46. The lowest BCUT2D eigenvalue weighted by Crippen LogP contribution is -2.20. The predicted molar refractivity (Wildman–Crippen MR) is 144 cm³/mol. The minimum atomic E-state index is -0.280. The van der Waals surface area contributed by atoms with Gasteiger partial charge in [0.15, 0.2) is 11.0 Å². The second-order valence-corrected chi connectivity index (χ2v) is 9.77. The number of benzene rings is 3. The average Bonchev–Trinajstić information content (AvgIpc) is 3.28. The quantitative estimate of drug-likeness (QED) is 0.149. The molecule has 0 aliphatic rings. The number of methoxy groups -OCH3 is 1. The monoisotopic (exact) mass is 589 g/mol. The zero-order valence-corrected chi connectivity index (χ0v) is 22.2. The van der Waals surface area contributed by atoms with E-state index in [0.29, 0.717) is 26.8 Å². The molecule has 4 aromatic rings. The number of amides is 1. The van der Waals surface area contributed by atoms with Crippen LogP contribution < -0.4 is 10.2 Å². The molecule has 0 saturated carbocycles. The number of rotatable bonds is 8. The minimum Gasteiger partial charge on any atom is -0.496 e. The number of hydrogen-bond acceptors (Lipinski definition) is 6. The highest BCUT2D eigenvalue weighted by Gasteiger charge is 2.17. The average molecular weight is 591 g/mol. The highest BCUT2D eigenvalue weighted by Crippen LogP contribution is 2.29. The molecule has 0 unspecified atom stereocenters. The van der Waals surface area contributed by atoms with Crippen molar-refractivity contribution in [1.82, 2.24) is 20.2 Å². The van der Waals surface area contributed by atoms with Gasteiger partial charge < -0.3 is 4.74 Å². The fourth-order valence-electron chi connectivity index (χ4n) is 3.08. The van der Waals surface area contributed by atoms with Crippen molar-refractivity contribution >= 4 is 63.0 Å². The molecule has 0 atom stereocenters. The van der Waals surface area contributed by atoms with Gasteiger partial charge in [-0.05, 0) is 88.2 Å². The van der Waals surface area contributed by atoms with Gasteiger partial charge in [0.05, 0.1) is 23.5 Å². The molecule has 3 aromatic carbocycles. The highest BCUT2D eigenvalue weighted by molar-refractivity contribution is 9.10. The number of nitrogens with one attached hydrogen (secondary N) is 1. The van der Waals surface area contributed by atoms with Gasteiger partial charge in [-0.15, -0.1) is 10.2 Å². The van der Waals surface area contributed by atoms with Gasteiger partial charge in [0.2, 0.25) is 0 Å². The minimum absolute atomic E-state index is 0.0932. The molecule has 178 valence electrons. The maximum Gasteiger partial charge on any atom is 0.250 e. The second-order valence-electron chi connectivity index (χ2n) is 7.10. The Bertz CT molecular complexity index is 1360. The van der Waals surface area contributed by atoms with Gasteiger partial charge in [-0.3, -0.25) is 9.36 Å². The smallest absolute Gasteiger partial charge is 0.250 e. The summed E-state index contributed by atoms with van der Waals surface area (Å²) < 4.78 is 7.88. The molecule has 0 aliphatic heterocycles. The van der Waals surface area contributed by atoms with Crippen molar-refractivity contribution in [2.24, 2.45) is 5.10 Å². The first-order valence-electron chi connectivity index (χ1n) is 10.2.